The van der Waals surface area contributed by atoms with Crippen LogP contribution in [0.4, 0.5) is 0 Å². The van der Waals surface area contributed by atoms with Crippen LogP contribution < -0.4 is 4.74 Å². The smallest absolute Gasteiger partial charge is 0.118 e. The molecule has 3 aromatic rings. The Bertz CT molecular complexity index is 811. The predicted octanol–water partition coefficient (Wildman–Crippen LogP) is 4.92. The number of ether oxygens (including phenoxy) is 1. The Hall–Kier alpha value is -2.68. The molecule has 0 heterocycles. The fourth-order valence-electron chi connectivity index (χ4n) is 2.13. The average molecular weight is 388 g/mol. The summed E-state index contributed by atoms with van der Waals surface area (Å²) < 4.78 is 5.06. The first-order valence-electron chi connectivity index (χ1n) is 7.91. The molecular formula is C22H20FeO3-6. The molecule has 0 aliphatic heterocycles. The van der Waals surface area contributed by atoms with Crippen LogP contribution in [0.15, 0.2) is 78.9 Å². The van der Waals surface area contributed by atoms with Gasteiger partial charge in [-0.2, -0.15) is 12.1 Å². The Morgan fingerprint density at radius 3 is 2.08 bits per heavy atom. The number of carbonyl (C=O) groups excluding carboxylic acids is 2. The van der Waals surface area contributed by atoms with Crippen LogP contribution >= 0.6 is 0 Å². The van der Waals surface area contributed by atoms with E-state index in [0.717, 1.165) is 22.4 Å². The second-order valence-corrected chi connectivity index (χ2v) is 5.37. The Labute approximate surface area is 164 Å². The van der Waals surface area contributed by atoms with Crippen molar-refractivity contribution in [2.45, 2.75) is 6.92 Å². The molecule has 0 saturated carbocycles. The molecule has 0 bridgehead atoms. The van der Waals surface area contributed by atoms with Gasteiger partial charge in [0.2, 0.25) is 0 Å². The van der Waals surface area contributed by atoms with E-state index in [1.165, 1.54) is 0 Å². The number of ketones is 2. The molecule has 3 nitrogen and oxygen atoms in total. The van der Waals surface area contributed by atoms with E-state index in [0.29, 0.717) is 0 Å². The van der Waals surface area contributed by atoms with Gasteiger partial charge in [-0.1, -0.05) is 29.8 Å². The fraction of sp³-hybridized carbons (Fsp3) is 0.0909. The number of hydrogen-bond donors (Lipinski definition) is 0. The summed E-state index contributed by atoms with van der Waals surface area (Å²) in [4.78, 5) is 22.2. The van der Waals surface area contributed by atoms with Crippen molar-refractivity contribution in [3.05, 3.63) is 95.6 Å². The van der Waals surface area contributed by atoms with Gasteiger partial charge < -0.3 is 44.2 Å². The average Bonchev–Trinajstić information content (AvgIpc) is 3.34. The normalized spacial score (nSPS) is 9.77. The summed E-state index contributed by atoms with van der Waals surface area (Å²) in [5.41, 5.74) is 2.49. The Kier molecular flexibility index (Phi) is 9.07. The molecule has 140 valence electrons. The van der Waals surface area contributed by atoms with Crippen LogP contribution in [0, 0.1) is 0 Å². The van der Waals surface area contributed by atoms with E-state index in [1.54, 1.807) is 38.3 Å². The minimum atomic E-state index is 0. The molecular weight excluding hydrogens is 368 g/mol. The van der Waals surface area contributed by atoms with Crippen LogP contribution in [0.3, 0.4) is 0 Å². The molecule has 0 amide bonds. The topological polar surface area (TPSA) is 43.4 Å². The van der Waals surface area contributed by atoms with Gasteiger partial charge in [-0.25, -0.2) is 0 Å². The monoisotopic (exact) mass is 388 g/mol. The molecule has 0 atom stereocenters. The third-order valence-electron chi connectivity index (χ3n) is 3.56. The number of allylic oxidation sites excluding steroid dienone is 1. The van der Waals surface area contributed by atoms with Gasteiger partial charge in [-0.15, -0.1) is 19.1 Å². The number of carbonyl (C=O) groups is 2. The van der Waals surface area contributed by atoms with E-state index in [4.69, 9.17) is 4.74 Å². The maximum absolute atomic E-state index is 11.7. The molecule has 3 rings (SSSR count). The SMILES string of the molecule is CC(=O)[c-]1[cH-][cH-][cH-][cH-]1.COc1ccc(C=CC(=O)[c-]2cccc2)cc1.[Fe]. The van der Waals surface area contributed by atoms with E-state index < -0.39 is 0 Å². The summed E-state index contributed by atoms with van der Waals surface area (Å²) >= 11 is 0. The van der Waals surface area contributed by atoms with E-state index in [-0.39, 0.29) is 28.6 Å². The van der Waals surface area contributed by atoms with Crippen LogP contribution in [0.1, 0.15) is 33.2 Å². The molecule has 0 radical (unpaired) electrons. The molecule has 0 fully saturated rings. The summed E-state index contributed by atoms with van der Waals surface area (Å²) in [5, 5.41) is 0. The van der Waals surface area contributed by atoms with E-state index in [1.807, 2.05) is 60.7 Å². The number of Topliss-reactive ketones (excluding diaryl/α,β-unsaturated/α-hetero) is 1. The largest absolute Gasteiger partial charge is 0.718 e. The maximum atomic E-state index is 11.7. The Morgan fingerprint density at radius 2 is 1.62 bits per heavy atom. The quantitative estimate of drug-likeness (QED) is 0.270. The van der Waals surface area contributed by atoms with Crippen molar-refractivity contribution in [3.63, 3.8) is 0 Å². The van der Waals surface area contributed by atoms with Gasteiger partial charge in [0.1, 0.15) is 11.5 Å². The van der Waals surface area contributed by atoms with Crippen molar-refractivity contribution in [3.8, 4) is 5.75 Å². The first-order chi connectivity index (χ1) is 12.1. The zero-order valence-electron chi connectivity index (χ0n) is 14.7. The van der Waals surface area contributed by atoms with Crippen LogP contribution in [0.2, 0.25) is 0 Å². The molecule has 0 spiro atoms. The Balaban J connectivity index is 0.000000318. The van der Waals surface area contributed by atoms with Crippen molar-refractivity contribution < 1.29 is 31.4 Å². The molecule has 3 aromatic carbocycles. The third kappa shape index (κ3) is 6.67. The van der Waals surface area contributed by atoms with Gasteiger partial charge in [-0.3, -0.25) is 5.78 Å². The molecule has 0 N–H and O–H groups in total. The molecule has 0 unspecified atom stereocenters. The van der Waals surface area contributed by atoms with Crippen LogP contribution in [-0.2, 0) is 17.1 Å². The van der Waals surface area contributed by atoms with Crippen molar-refractivity contribution in [1.82, 2.24) is 0 Å². The first kappa shape index (κ1) is 21.4. The van der Waals surface area contributed by atoms with Gasteiger partial charge in [0.05, 0.1) is 7.11 Å². The van der Waals surface area contributed by atoms with Crippen molar-refractivity contribution in [1.29, 1.82) is 0 Å². The fourth-order valence-corrected chi connectivity index (χ4v) is 2.13. The summed E-state index contributed by atoms with van der Waals surface area (Å²) in [5.74, 6) is 0.963. The third-order valence-corrected chi connectivity index (χ3v) is 3.56. The number of benzene rings is 1. The summed E-state index contributed by atoms with van der Waals surface area (Å²) in [6.45, 7) is 1.56. The van der Waals surface area contributed by atoms with Gasteiger partial charge in [-0.05, 0) is 17.7 Å². The zero-order valence-corrected chi connectivity index (χ0v) is 15.8. The van der Waals surface area contributed by atoms with Crippen LogP contribution in [-0.4, -0.2) is 18.7 Å². The molecule has 0 aliphatic carbocycles. The number of methoxy groups -OCH3 is 1. The van der Waals surface area contributed by atoms with Gasteiger partial charge in [0.15, 0.2) is 0 Å². The van der Waals surface area contributed by atoms with E-state index in [2.05, 4.69) is 0 Å². The van der Waals surface area contributed by atoms with Crippen LogP contribution in [0.25, 0.3) is 6.08 Å². The minimum Gasteiger partial charge on any atom is -0.718 e. The molecule has 26 heavy (non-hydrogen) atoms. The van der Waals surface area contributed by atoms with Gasteiger partial charge in [0, 0.05) is 17.1 Å². The summed E-state index contributed by atoms with van der Waals surface area (Å²) in [6.07, 6.45) is 3.38. The predicted molar refractivity (Wildman–Crippen MR) is 100 cm³/mol. The van der Waals surface area contributed by atoms with Gasteiger partial charge in [0.25, 0.3) is 0 Å². The summed E-state index contributed by atoms with van der Waals surface area (Å²) in [6, 6.07) is 22.2. The van der Waals surface area contributed by atoms with Crippen molar-refractivity contribution in [2.75, 3.05) is 7.11 Å². The standard InChI is InChI=1S/C15H13O2.C7H7O.Fe/c1-17-14-9-6-12(7-10-14)8-11-15(16)13-4-2-3-5-13;1-6(8)7-4-2-3-5-7;/h2-11H,1H3;2-5H,1H3;/q-1;-5;. The van der Waals surface area contributed by atoms with Crippen LogP contribution in [0.5, 0.6) is 5.75 Å². The molecule has 0 aliphatic rings. The maximum Gasteiger partial charge on any atom is 0.118 e. The number of hydrogen-bond acceptors (Lipinski definition) is 3. The van der Waals surface area contributed by atoms with Crippen molar-refractivity contribution >= 4 is 17.6 Å². The first-order valence-corrected chi connectivity index (χ1v) is 7.91. The van der Waals surface area contributed by atoms with E-state index in [9.17, 15) is 9.59 Å². The molecule has 0 saturated heterocycles. The zero-order chi connectivity index (χ0) is 18.1. The second-order valence-electron chi connectivity index (χ2n) is 5.37. The van der Waals surface area contributed by atoms with Gasteiger partial charge >= 0.3 is 0 Å². The second kappa shape index (κ2) is 11.0. The summed E-state index contributed by atoms with van der Waals surface area (Å²) in [7, 11) is 1.63. The minimum absolute atomic E-state index is 0. The van der Waals surface area contributed by atoms with E-state index >= 15 is 0 Å². The van der Waals surface area contributed by atoms with Crippen molar-refractivity contribution in [2.24, 2.45) is 0 Å². The molecule has 4 heteroatoms. The number of rotatable bonds is 5. The molecule has 0 aromatic heterocycles. The Morgan fingerprint density at radius 1 is 1.04 bits per heavy atom.